The highest BCUT2D eigenvalue weighted by atomic mass is 32.2. The predicted molar refractivity (Wildman–Crippen MR) is 83.4 cm³/mol. The molecule has 0 aromatic rings. The summed E-state index contributed by atoms with van der Waals surface area (Å²) in [7, 11) is 0. The second kappa shape index (κ2) is 6.37. The number of hydrogen-bond acceptors (Lipinski definition) is 3. The van der Waals surface area contributed by atoms with Gasteiger partial charge in [0.25, 0.3) is 0 Å². The number of hydrogen-bond donors (Lipinski definition) is 1. The van der Waals surface area contributed by atoms with Crippen LogP contribution in [0.5, 0.6) is 0 Å². The molecule has 1 rings (SSSR count). The number of nitrogens with one attached hydrogen (secondary N) is 1. The molecule has 0 amide bonds. The zero-order valence-electron chi connectivity index (χ0n) is 11.8. The molecule has 1 saturated heterocycles. The molecular weight excluding hydrogens is 248 g/mol. The van der Waals surface area contributed by atoms with E-state index in [1.165, 1.54) is 12.8 Å². The maximum absolute atomic E-state index is 4.80. The second-order valence-electron chi connectivity index (χ2n) is 5.04. The van der Waals surface area contributed by atoms with Crippen LogP contribution in [0.2, 0.25) is 0 Å². The van der Waals surface area contributed by atoms with Gasteiger partial charge in [-0.1, -0.05) is 32.5 Å². The summed E-state index contributed by atoms with van der Waals surface area (Å²) >= 11 is 3.84. The average molecular weight is 274 g/mol. The van der Waals surface area contributed by atoms with E-state index >= 15 is 0 Å². The third-order valence-electron chi connectivity index (χ3n) is 3.95. The average Bonchev–Trinajstić information content (AvgIpc) is 2.75. The van der Waals surface area contributed by atoms with Gasteiger partial charge in [0, 0.05) is 16.0 Å². The Morgan fingerprint density at radius 1 is 1.41 bits per heavy atom. The summed E-state index contributed by atoms with van der Waals surface area (Å²) in [5.74, 6) is 1.15. The summed E-state index contributed by atoms with van der Waals surface area (Å²) in [5.41, 5.74) is 0.254. The summed E-state index contributed by atoms with van der Waals surface area (Å²) in [6, 6.07) is 0. The van der Waals surface area contributed by atoms with Crippen LogP contribution in [0.3, 0.4) is 0 Å². The lowest BCUT2D eigenvalue weighted by molar-refractivity contribution is 0.465. The lowest BCUT2D eigenvalue weighted by Crippen LogP contribution is -2.40. The Kier molecular flexibility index (Phi) is 5.71. The monoisotopic (exact) mass is 274 g/mol. The van der Waals surface area contributed by atoms with E-state index in [9.17, 15) is 0 Å². The minimum absolute atomic E-state index is 0.254. The lowest BCUT2D eigenvalue weighted by Gasteiger charge is -2.28. The molecule has 17 heavy (non-hydrogen) atoms. The van der Waals surface area contributed by atoms with Crippen LogP contribution in [-0.4, -0.2) is 34.0 Å². The van der Waals surface area contributed by atoms with Crippen LogP contribution >= 0.6 is 23.5 Å². The molecule has 0 aromatic carbocycles. The largest absolute Gasteiger partial charge is 0.359 e. The summed E-state index contributed by atoms with van der Waals surface area (Å²) < 4.78 is 0.334. The van der Waals surface area contributed by atoms with Crippen molar-refractivity contribution in [2.75, 3.05) is 18.6 Å². The van der Waals surface area contributed by atoms with Crippen LogP contribution in [0, 0.1) is 0 Å². The Labute approximate surface area is 115 Å². The first-order chi connectivity index (χ1) is 8.03. The van der Waals surface area contributed by atoms with E-state index in [1.807, 2.05) is 23.5 Å². The molecule has 1 fully saturated rings. The topological polar surface area (TPSA) is 24.4 Å². The molecule has 100 valence electrons. The van der Waals surface area contributed by atoms with Gasteiger partial charge in [0.2, 0.25) is 0 Å². The number of nitrogens with zero attached hydrogens (tertiary/aromatic N) is 1. The SMILES string of the molecule is CCC1(C)CSC(=NCC(CC)(CC)SC)N1. The molecule has 1 unspecified atom stereocenters. The van der Waals surface area contributed by atoms with Gasteiger partial charge in [0.15, 0.2) is 5.17 Å². The molecule has 0 radical (unpaired) electrons. The molecule has 0 bridgehead atoms. The molecule has 0 spiro atoms. The van der Waals surface area contributed by atoms with E-state index in [1.54, 1.807) is 0 Å². The highest BCUT2D eigenvalue weighted by Gasteiger charge is 2.31. The first-order valence-corrected chi connectivity index (χ1v) is 8.74. The lowest BCUT2D eigenvalue weighted by atomic mass is 10.0. The number of thioether (sulfide) groups is 2. The minimum atomic E-state index is 0.254. The van der Waals surface area contributed by atoms with Crippen molar-refractivity contribution in [2.45, 2.75) is 57.2 Å². The Hall–Kier alpha value is 0.170. The van der Waals surface area contributed by atoms with Gasteiger partial charge >= 0.3 is 0 Å². The summed E-state index contributed by atoms with van der Waals surface area (Å²) in [6.07, 6.45) is 5.75. The van der Waals surface area contributed by atoms with Crippen molar-refractivity contribution >= 4 is 28.7 Å². The van der Waals surface area contributed by atoms with Crippen LogP contribution in [0.15, 0.2) is 4.99 Å². The van der Waals surface area contributed by atoms with Gasteiger partial charge in [-0.2, -0.15) is 11.8 Å². The standard InChI is InChI=1S/C13H26N2S2/c1-6-12(4)10-17-11(15-12)14-9-13(7-2,8-3)16-5/h6-10H2,1-5H3,(H,14,15). The molecule has 0 aliphatic carbocycles. The first kappa shape index (κ1) is 15.2. The van der Waals surface area contributed by atoms with E-state index in [2.05, 4.69) is 39.3 Å². The van der Waals surface area contributed by atoms with Crippen molar-refractivity contribution in [2.24, 2.45) is 4.99 Å². The molecule has 4 heteroatoms. The van der Waals surface area contributed by atoms with Crippen molar-refractivity contribution in [3.8, 4) is 0 Å². The zero-order valence-corrected chi connectivity index (χ0v) is 13.4. The fraction of sp³-hybridized carbons (Fsp3) is 0.923. The van der Waals surface area contributed by atoms with Gasteiger partial charge in [-0.05, 0) is 32.4 Å². The molecule has 1 aliphatic heterocycles. The van der Waals surface area contributed by atoms with Crippen LogP contribution in [-0.2, 0) is 0 Å². The predicted octanol–water partition coefficient (Wildman–Crippen LogP) is 3.77. The number of aliphatic imine (C=N–C) groups is 1. The molecule has 1 aliphatic rings. The van der Waals surface area contributed by atoms with Gasteiger partial charge < -0.3 is 5.32 Å². The van der Waals surface area contributed by atoms with Crippen molar-refractivity contribution < 1.29 is 0 Å². The molecular formula is C13H26N2S2. The fourth-order valence-electron chi connectivity index (χ4n) is 1.88. The number of rotatable bonds is 6. The highest BCUT2D eigenvalue weighted by Crippen LogP contribution is 2.32. The van der Waals surface area contributed by atoms with Crippen LogP contribution in [0.1, 0.15) is 47.0 Å². The summed E-state index contributed by atoms with van der Waals surface area (Å²) in [5, 5.41) is 4.71. The third-order valence-corrected chi connectivity index (χ3v) is 6.81. The fourth-order valence-corrected chi connectivity index (χ4v) is 3.85. The molecule has 0 saturated carbocycles. The van der Waals surface area contributed by atoms with Gasteiger partial charge in [0.05, 0.1) is 6.54 Å². The van der Waals surface area contributed by atoms with Crippen molar-refractivity contribution in [3.63, 3.8) is 0 Å². The third kappa shape index (κ3) is 3.82. The van der Waals surface area contributed by atoms with Crippen LogP contribution < -0.4 is 5.32 Å². The van der Waals surface area contributed by atoms with Crippen LogP contribution in [0.4, 0.5) is 0 Å². The van der Waals surface area contributed by atoms with E-state index in [0.717, 1.165) is 23.9 Å². The van der Waals surface area contributed by atoms with E-state index < -0.39 is 0 Å². The molecule has 0 aromatic heterocycles. The Morgan fingerprint density at radius 2 is 2.06 bits per heavy atom. The minimum Gasteiger partial charge on any atom is -0.359 e. The van der Waals surface area contributed by atoms with Crippen LogP contribution in [0.25, 0.3) is 0 Å². The second-order valence-corrected chi connectivity index (χ2v) is 7.28. The highest BCUT2D eigenvalue weighted by molar-refractivity contribution is 8.14. The Bertz CT molecular complexity index is 266. The van der Waals surface area contributed by atoms with E-state index in [-0.39, 0.29) is 5.54 Å². The van der Waals surface area contributed by atoms with Crippen molar-refractivity contribution in [1.29, 1.82) is 0 Å². The summed E-state index contributed by atoms with van der Waals surface area (Å²) in [6.45, 7) is 10.00. The Balaban J connectivity index is 2.60. The Morgan fingerprint density at radius 3 is 2.47 bits per heavy atom. The molecule has 1 atom stereocenters. The normalized spacial score (nSPS) is 27.5. The van der Waals surface area contributed by atoms with E-state index in [0.29, 0.717) is 4.75 Å². The van der Waals surface area contributed by atoms with Crippen molar-refractivity contribution in [3.05, 3.63) is 0 Å². The van der Waals surface area contributed by atoms with Crippen molar-refractivity contribution in [1.82, 2.24) is 5.32 Å². The van der Waals surface area contributed by atoms with E-state index in [4.69, 9.17) is 4.99 Å². The maximum atomic E-state index is 4.80. The molecule has 1 N–H and O–H groups in total. The first-order valence-electron chi connectivity index (χ1n) is 6.53. The maximum Gasteiger partial charge on any atom is 0.157 e. The molecule has 2 nitrogen and oxygen atoms in total. The number of amidine groups is 1. The smallest absolute Gasteiger partial charge is 0.157 e. The zero-order chi connectivity index (χ0) is 12.9. The van der Waals surface area contributed by atoms with Gasteiger partial charge in [-0.15, -0.1) is 0 Å². The van der Waals surface area contributed by atoms with Gasteiger partial charge in [0.1, 0.15) is 0 Å². The quantitative estimate of drug-likeness (QED) is 0.798. The molecule has 1 heterocycles. The van der Waals surface area contributed by atoms with Gasteiger partial charge in [-0.3, -0.25) is 4.99 Å². The van der Waals surface area contributed by atoms with Gasteiger partial charge in [-0.25, -0.2) is 0 Å². The summed E-state index contributed by atoms with van der Waals surface area (Å²) in [4.78, 5) is 4.80.